The number of hydrogen-bond acceptors (Lipinski definition) is 4. The van der Waals surface area contributed by atoms with E-state index >= 15 is 0 Å². The summed E-state index contributed by atoms with van der Waals surface area (Å²) in [5, 5.41) is 0. The zero-order valence-corrected chi connectivity index (χ0v) is 16.5. The van der Waals surface area contributed by atoms with Gasteiger partial charge < -0.3 is 9.47 Å². The molecule has 0 aromatic heterocycles. The Morgan fingerprint density at radius 3 is 1.12 bits per heavy atom. The van der Waals surface area contributed by atoms with Crippen molar-refractivity contribution in [1.29, 1.82) is 0 Å². The van der Waals surface area contributed by atoms with Crippen LogP contribution in [0.15, 0.2) is 24.3 Å². The van der Waals surface area contributed by atoms with Crippen LogP contribution in [0.2, 0.25) is 0 Å². The second kappa shape index (κ2) is 8.88. The van der Waals surface area contributed by atoms with Crippen LogP contribution in [0.5, 0.6) is 0 Å². The van der Waals surface area contributed by atoms with Crippen LogP contribution < -0.4 is 0 Å². The molecule has 4 heteroatoms. The molecule has 0 N–H and O–H groups in total. The molecule has 2 fully saturated rings. The Labute approximate surface area is 158 Å². The van der Waals surface area contributed by atoms with Crippen LogP contribution in [0.25, 0.3) is 0 Å². The number of rotatable bonds is 5. The molecule has 26 heavy (non-hydrogen) atoms. The first-order chi connectivity index (χ1) is 12.3. The standard InChI is InChI=1S/C22H34O4/c1-17(2)19(23)25-21(13-9-5-6-10-14-21)22(26-20(24)18(3)4)15-11-7-8-12-16-22/h1,3,5-16H2,2,4H3. The van der Waals surface area contributed by atoms with Gasteiger partial charge in [0.2, 0.25) is 0 Å². The maximum absolute atomic E-state index is 12.5. The van der Waals surface area contributed by atoms with Crippen molar-refractivity contribution >= 4 is 11.9 Å². The van der Waals surface area contributed by atoms with Crippen molar-refractivity contribution in [3.8, 4) is 0 Å². The Balaban J connectivity index is 2.47. The Morgan fingerprint density at radius 2 is 0.885 bits per heavy atom. The number of ether oxygens (including phenoxy) is 2. The molecule has 2 aliphatic carbocycles. The van der Waals surface area contributed by atoms with Crippen LogP contribution in [-0.4, -0.2) is 23.1 Å². The van der Waals surface area contributed by atoms with E-state index in [-0.39, 0.29) is 11.9 Å². The van der Waals surface area contributed by atoms with E-state index in [0.29, 0.717) is 11.1 Å². The predicted molar refractivity (Wildman–Crippen MR) is 103 cm³/mol. The molecule has 0 heterocycles. The summed E-state index contributed by atoms with van der Waals surface area (Å²) < 4.78 is 12.3. The SMILES string of the molecule is C=C(C)C(=O)OC1(C2(OC(=O)C(=C)C)CCCCCC2)CCCCCC1. The molecule has 0 aromatic carbocycles. The quantitative estimate of drug-likeness (QED) is 0.373. The van der Waals surface area contributed by atoms with E-state index in [4.69, 9.17) is 9.47 Å². The maximum Gasteiger partial charge on any atom is 0.333 e. The van der Waals surface area contributed by atoms with Gasteiger partial charge in [0.1, 0.15) is 0 Å². The smallest absolute Gasteiger partial charge is 0.333 e. The van der Waals surface area contributed by atoms with Crippen LogP contribution in [0.3, 0.4) is 0 Å². The molecule has 0 bridgehead atoms. The molecule has 0 atom stereocenters. The first-order valence-corrected chi connectivity index (χ1v) is 10.1. The molecule has 4 nitrogen and oxygen atoms in total. The van der Waals surface area contributed by atoms with Gasteiger partial charge >= 0.3 is 11.9 Å². The summed E-state index contributed by atoms with van der Waals surface area (Å²) in [4.78, 5) is 25.1. The minimum absolute atomic E-state index is 0.373. The van der Waals surface area contributed by atoms with Crippen molar-refractivity contribution in [1.82, 2.24) is 0 Å². The van der Waals surface area contributed by atoms with Crippen molar-refractivity contribution in [2.75, 3.05) is 0 Å². The van der Waals surface area contributed by atoms with Crippen molar-refractivity contribution in [3.63, 3.8) is 0 Å². The second-order valence-corrected chi connectivity index (χ2v) is 8.16. The third-order valence-corrected chi connectivity index (χ3v) is 5.93. The van der Waals surface area contributed by atoms with E-state index in [0.717, 1.165) is 77.0 Å². The van der Waals surface area contributed by atoms with Gasteiger partial charge in [0, 0.05) is 11.1 Å². The van der Waals surface area contributed by atoms with Crippen LogP contribution in [0, 0.1) is 0 Å². The molecular formula is C22H34O4. The van der Waals surface area contributed by atoms with Crippen LogP contribution in [0.4, 0.5) is 0 Å². The van der Waals surface area contributed by atoms with Crippen molar-refractivity contribution < 1.29 is 19.1 Å². The van der Waals surface area contributed by atoms with Gasteiger partial charge in [-0.15, -0.1) is 0 Å². The van der Waals surface area contributed by atoms with E-state index in [1.807, 2.05) is 0 Å². The first kappa shape index (κ1) is 20.7. The molecule has 0 spiro atoms. The summed E-state index contributed by atoms with van der Waals surface area (Å²) in [7, 11) is 0. The largest absolute Gasteiger partial charge is 0.451 e. The monoisotopic (exact) mass is 362 g/mol. The summed E-state index contributed by atoms with van der Waals surface area (Å²) in [6.45, 7) is 10.9. The molecule has 0 saturated heterocycles. The number of hydrogen-bond donors (Lipinski definition) is 0. The number of esters is 2. The lowest BCUT2D eigenvalue weighted by atomic mass is 9.72. The first-order valence-electron chi connectivity index (χ1n) is 10.1. The average Bonchev–Trinajstić information content (AvgIpc) is 2.97. The van der Waals surface area contributed by atoms with E-state index in [1.165, 1.54) is 0 Å². The molecule has 2 aliphatic rings. The van der Waals surface area contributed by atoms with Gasteiger partial charge in [-0.25, -0.2) is 9.59 Å². The molecular weight excluding hydrogens is 328 g/mol. The molecule has 0 aromatic rings. The Kier molecular flexibility index (Phi) is 7.08. The zero-order valence-electron chi connectivity index (χ0n) is 16.5. The molecule has 2 saturated carbocycles. The van der Waals surface area contributed by atoms with Gasteiger partial charge in [0.25, 0.3) is 0 Å². The van der Waals surface area contributed by atoms with Crippen molar-refractivity contribution in [3.05, 3.63) is 24.3 Å². The van der Waals surface area contributed by atoms with Crippen LogP contribution in [-0.2, 0) is 19.1 Å². The highest BCUT2D eigenvalue weighted by molar-refractivity contribution is 5.88. The van der Waals surface area contributed by atoms with Crippen LogP contribution >= 0.6 is 0 Å². The molecule has 0 aliphatic heterocycles. The lowest BCUT2D eigenvalue weighted by molar-refractivity contribution is -0.218. The predicted octanol–water partition coefficient (Wildman–Crippen LogP) is 5.41. The number of carbonyl (C=O) groups is 2. The van der Waals surface area contributed by atoms with Gasteiger partial charge in [0.15, 0.2) is 11.2 Å². The van der Waals surface area contributed by atoms with E-state index < -0.39 is 11.2 Å². The molecule has 0 radical (unpaired) electrons. The van der Waals surface area contributed by atoms with Gasteiger partial charge in [-0.1, -0.05) is 38.8 Å². The highest BCUT2D eigenvalue weighted by Crippen LogP contribution is 2.48. The molecule has 146 valence electrons. The third-order valence-electron chi connectivity index (χ3n) is 5.93. The fraction of sp³-hybridized carbons (Fsp3) is 0.727. The van der Waals surface area contributed by atoms with Gasteiger partial charge in [-0.3, -0.25) is 0 Å². The van der Waals surface area contributed by atoms with E-state index in [2.05, 4.69) is 13.2 Å². The Hall–Kier alpha value is -1.58. The normalized spacial score (nSPS) is 22.4. The minimum Gasteiger partial charge on any atom is -0.451 e. The summed E-state index contributed by atoms with van der Waals surface area (Å²) in [6, 6.07) is 0. The summed E-state index contributed by atoms with van der Waals surface area (Å²) in [5.74, 6) is -0.746. The molecule has 2 rings (SSSR count). The average molecular weight is 363 g/mol. The van der Waals surface area contributed by atoms with Crippen molar-refractivity contribution in [2.45, 2.75) is 102 Å². The second-order valence-electron chi connectivity index (χ2n) is 8.16. The highest BCUT2D eigenvalue weighted by Gasteiger charge is 2.56. The van der Waals surface area contributed by atoms with Gasteiger partial charge in [-0.05, 0) is 65.2 Å². The zero-order chi connectivity index (χ0) is 19.2. The fourth-order valence-corrected chi connectivity index (χ4v) is 4.43. The summed E-state index contributed by atoms with van der Waals surface area (Å²) in [5.41, 5.74) is -0.725. The van der Waals surface area contributed by atoms with Crippen LogP contribution in [0.1, 0.15) is 90.9 Å². The van der Waals surface area contributed by atoms with E-state index in [9.17, 15) is 9.59 Å². The maximum atomic E-state index is 12.5. The van der Waals surface area contributed by atoms with Gasteiger partial charge in [-0.2, -0.15) is 0 Å². The Bertz CT molecular complexity index is 494. The number of carbonyl (C=O) groups excluding carboxylic acids is 2. The minimum atomic E-state index is -0.755. The fourth-order valence-electron chi connectivity index (χ4n) is 4.43. The molecule has 0 unspecified atom stereocenters. The lowest BCUT2D eigenvalue weighted by Crippen LogP contribution is -2.59. The third kappa shape index (κ3) is 4.57. The highest BCUT2D eigenvalue weighted by atomic mass is 16.6. The Morgan fingerprint density at radius 1 is 0.615 bits per heavy atom. The molecule has 0 amide bonds. The summed E-state index contributed by atoms with van der Waals surface area (Å²) in [6.07, 6.45) is 11.4. The van der Waals surface area contributed by atoms with E-state index in [1.54, 1.807) is 13.8 Å². The summed E-state index contributed by atoms with van der Waals surface area (Å²) >= 11 is 0. The van der Waals surface area contributed by atoms with Crippen molar-refractivity contribution in [2.24, 2.45) is 0 Å². The topological polar surface area (TPSA) is 52.6 Å². The lowest BCUT2D eigenvalue weighted by Gasteiger charge is -2.49. The van der Waals surface area contributed by atoms with Gasteiger partial charge in [0.05, 0.1) is 0 Å².